The average Bonchev–Trinajstić information content (AvgIpc) is 3.62. The summed E-state index contributed by atoms with van der Waals surface area (Å²) >= 11 is 0. The van der Waals surface area contributed by atoms with Gasteiger partial charge in [0, 0.05) is 29.6 Å². The van der Waals surface area contributed by atoms with Gasteiger partial charge in [-0.1, -0.05) is 25.5 Å². The summed E-state index contributed by atoms with van der Waals surface area (Å²) in [5.74, 6) is 1.85. The Morgan fingerprint density at radius 2 is 1.95 bits per heavy atom. The van der Waals surface area contributed by atoms with E-state index in [1.165, 1.54) is 12.1 Å². The van der Waals surface area contributed by atoms with Crippen molar-refractivity contribution < 1.29 is 13.5 Å². The lowest BCUT2D eigenvalue weighted by atomic mass is 10.1. The van der Waals surface area contributed by atoms with Gasteiger partial charge in [0.25, 0.3) is 5.56 Å². The molecule has 10 heteroatoms. The fourth-order valence-electron chi connectivity index (χ4n) is 4.78. The molecule has 0 radical (unpaired) electrons. The van der Waals surface area contributed by atoms with Gasteiger partial charge in [-0.3, -0.25) is 9.69 Å². The van der Waals surface area contributed by atoms with Crippen LogP contribution in [0.15, 0.2) is 76.1 Å². The van der Waals surface area contributed by atoms with E-state index in [-0.39, 0.29) is 17.4 Å². The van der Waals surface area contributed by atoms with Crippen LogP contribution in [0.2, 0.25) is 0 Å². The number of benzene rings is 2. The highest BCUT2D eigenvalue weighted by Crippen LogP contribution is 2.29. The molecule has 0 bridgehead atoms. The van der Waals surface area contributed by atoms with Crippen molar-refractivity contribution >= 4 is 10.9 Å². The first-order valence-electron chi connectivity index (χ1n) is 13.1. The van der Waals surface area contributed by atoms with Crippen molar-refractivity contribution in [2.75, 3.05) is 6.61 Å². The molecule has 39 heavy (non-hydrogen) atoms. The fourth-order valence-corrected chi connectivity index (χ4v) is 4.78. The number of furan rings is 1. The first-order valence-corrected chi connectivity index (χ1v) is 13.1. The van der Waals surface area contributed by atoms with Gasteiger partial charge in [-0.2, -0.15) is 0 Å². The molecule has 0 aliphatic rings. The van der Waals surface area contributed by atoms with Gasteiger partial charge in [-0.25, -0.2) is 9.07 Å². The Bertz CT molecular complexity index is 1560. The van der Waals surface area contributed by atoms with Crippen molar-refractivity contribution in [3.8, 4) is 5.75 Å². The van der Waals surface area contributed by atoms with E-state index >= 15 is 0 Å². The van der Waals surface area contributed by atoms with Crippen LogP contribution in [0.3, 0.4) is 0 Å². The summed E-state index contributed by atoms with van der Waals surface area (Å²) in [5.41, 5.74) is 2.09. The molecule has 0 spiro atoms. The Kier molecular flexibility index (Phi) is 8.12. The molecule has 5 rings (SSSR count). The zero-order valence-corrected chi connectivity index (χ0v) is 22.0. The largest absolute Gasteiger partial charge is 0.494 e. The van der Waals surface area contributed by atoms with E-state index in [4.69, 9.17) is 9.15 Å². The van der Waals surface area contributed by atoms with E-state index in [0.29, 0.717) is 37.6 Å². The lowest BCUT2D eigenvalue weighted by Crippen LogP contribution is -2.32. The summed E-state index contributed by atoms with van der Waals surface area (Å²) in [5, 5.41) is 13.5. The van der Waals surface area contributed by atoms with Gasteiger partial charge in [0.1, 0.15) is 23.9 Å². The summed E-state index contributed by atoms with van der Waals surface area (Å²) in [7, 11) is 0. The number of fused-ring (bicyclic) bond motifs is 1. The second-order valence-corrected chi connectivity index (χ2v) is 9.42. The first kappa shape index (κ1) is 26.3. The quantitative estimate of drug-likeness (QED) is 0.235. The fraction of sp³-hybridized carbons (Fsp3) is 0.310. The summed E-state index contributed by atoms with van der Waals surface area (Å²) in [6.45, 7) is 5.77. The van der Waals surface area contributed by atoms with E-state index in [9.17, 15) is 9.18 Å². The van der Waals surface area contributed by atoms with E-state index in [1.54, 1.807) is 23.1 Å². The molecule has 202 valence electrons. The Hall–Kier alpha value is -4.31. The lowest BCUT2D eigenvalue weighted by Gasteiger charge is -2.31. The van der Waals surface area contributed by atoms with Gasteiger partial charge in [0.15, 0.2) is 5.82 Å². The van der Waals surface area contributed by atoms with Crippen LogP contribution in [-0.2, 0) is 19.6 Å². The molecule has 3 heterocycles. The number of rotatable bonds is 12. The number of nitrogens with one attached hydrogen (secondary N) is 1. The SMILES string of the molecule is CCCC(c1nnnn1Cc1ccco1)N(Cc1ccc(F)cc1)Cc1cc2cc(OCC)ccc2[nH]c1=O. The topological polar surface area (TPSA) is 102 Å². The van der Waals surface area contributed by atoms with Crippen molar-refractivity contribution in [3.63, 3.8) is 0 Å². The number of aromatic amines is 1. The molecule has 0 saturated heterocycles. The van der Waals surface area contributed by atoms with Crippen LogP contribution in [0.25, 0.3) is 10.9 Å². The summed E-state index contributed by atoms with van der Waals surface area (Å²) in [4.78, 5) is 18.4. The highest BCUT2D eigenvalue weighted by atomic mass is 19.1. The Morgan fingerprint density at radius 1 is 1.10 bits per heavy atom. The van der Waals surface area contributed by atoms with Crippen LogP contribution in [0.5, 0.6) is 5.75 Å². The van der Waals surface area contributed by atoms with Gasteiger partial charge in [-0.05, 0) is 77.9 Å². The number of halogens is 1. The minimum absolute atomic E-state index is 0.166. The average molecular weight is 531 g/mol. The predicted molar refractivity (Wildman–Crippen MR) is 145 cm³/mol. The van der Waals surface area contributed by atoms with Gasteiger partial charge in [-0.15, -0.1) is 5.10 Å². The second-order valence-electron chi connectivity index (χ2n) is 9.42. The minimum atomic E-state index is -0.297. The maximum atomic E-state index is 13.7. The van der Waals surface area contributed by atoms with Crippen LogP contribution in [0.1, 0.15) is 55.4 Å². The molecule has 0 amide bonds. The van der Waals surface area contributed by atoms with Crippen molar-refractivity contribution in [1.29, 1.82) is 0 Å². The smallest absolute Gasteiger partial charge is 0.252 e. The maximum Gasteiger partial charge on any atom is 0.252 e. The predicted octanol–water partition coefficient (Wildman–Crippen LogP) is 5.24. The number of pyridine rings is 1. The highest BCUT2D eigenvalue weighted by Gasteiger charge is 2.27. The molecule has 5 aromatic rings. The third-order valence-electron chi connectivity index (χ3n) is 6.62. The van der Waals surface area contributed by atoms with E-state index in [1.807, 2.05) is 43.3 Å². The molecule has 0 saturated carbocycles. The number of tetrazole rings is 1. The second kappa shape index (κ2) is 12.0. The molecule has 1 N–H and O–H groups in total. The molecule has 0 aliphatic heterocycles. The highest BCUT2D eigenvalue weighted by molar-refractivity contribution is 5.80. The number of aromatic nitrogens is 5. The normalized spacial score (nSPS) is 12.3. The molecule has 2 aromatic carbocycles. The number of H-pyrrole nitrogens is 1. The number of hydrogen-bond acceptors (Lipinski definition) is 7. The van der Waals surface area contributed by atoms with Crippen molar-refractivity contribution in [2.45, 2.75) is 52.4 Å². The van der Waals surface area contributed by atoms with Gasteiger partial charge in [0.2, 0.25) is 0 Å². The first-order chi connectivity index (χ1) is 19.0. The summed E-state index contributed by atoms with van der Waals surface area (Å²) < 4.78 is 26.6. The molecule has 0 aliphatic carbocycles. The third-order valence-corrected chi connectivity index (χ3v) is 6.62. The van der Waals surface area contributed by atoms with E-state index < -0.39 is 0 Å². The maximum absolute atomic E-state index is 13.7. The lowest BCUT2D eigenvalue weighted by molar-refractivity contribution is 0.155. The van der Waals surface area contributed by atoms with Crippen LogP contribution < -0.4 is 10.3 Å². The van der Waals surface area contributed by atoms with Crippen molar-refractivity contribution in [1.82, 2.24) is 30.1 Å². The monoisotopic (exact) mass is 530 g/mol. The Labute approximate surface area is 225 Å². The van der Waals surface area contributed by atoms with Crippen LogP contribution >= 0.6 is 0 Å². The summed E-state index contributed by atoms with van der Waals surface area (Å²) in [6.07, 6.45) is 3.23. The number of ether oxygens (including phenoxy) is 1. The standard InChI is InChI=1S/C29H31FN6O3/c1-3-6-27(28-32-33-34-36(28)19-25-7-5-14-39-25)35(17-20-8-10-23(30)11-9-20)18-22-15-21-16-24(38-4-2)12-13-26(21)31-29(22)37/h5,7-16,27H,3-4,6,17-19H2,1-2H3,(H,31,37). The molecule has 3 aromatic heterocycles. The zero-order chi connectivity index (χ0) is 27.2. The molecular formula is C29H31FN6O3. The molecular weight excluding hydrogens is 499 g/mol. The molecule has 1 atom stereocenters. The van der Waals surface area contributed by atoms with E-state index in [0.717, 1.165) is 40.8 Å². The molecule has 9 nitrogen and oxygen atoms in total. The van der Waals surface area contributed by atoms with Crippen molar-refractivity contribution in [3.05, 3.63) is 106 Å². The van der Waals surface area contributed by atoms with Gasteiger partial charge >= 0.3 is 0 Å². The molecule has 0 fully saturated rings. The summed E-state index contributed by atoms with van der Waals surface area (Å²) in [6, 6.07) is 17.4. The zero-order valence-electron chi connectivity index (χ0n) is 22.0. The number of nitrogens with zero attached hydrogens (tertiary/aromatic N) is 5. The van der Waals surface area contributed by atoms with Gasteiger partial charge in [0.05, 0.1) is 18.9 Å². The van der Waals surface area contributed by atoms with E-state index in [2.05, 4.69) is 32.3 Å². The third kappa shape index (κ3) is 6.23. The van der Waals surface area contributed by atoms with Crippen LogP contribution in [-0.4, -0.2) is 36.7 Å². The minimum Gasteiger partial charge on any atom is -0.494 e. The molecule has 1 unspecified atom stereocenters. The Balaban J connectivity index is 1.53. The van der Waals surface area contributed by atoms with Gasteiger partial charge < -0.3 is 14.1 Å². The number of hydrogen-bond donors (Lipinski definition) is 1. The van der Waals surface area contributed by atoms with Crippen LogP contribution in [0, 0.1) is 5.82 Å². The Morgan fingerprint density at radius 3 is 2.69 bits per heavy atom. The van der Waals surface area contributed by atoms with Crippen LogP contribution in [0.4, 0.5) is 4.39 Å². The van der Waals surface area contributed by atoms with Crippen molar-refractivity contribution in [2.24, 2.45) is 0 Å².